The molecule has 0 bridgehead atoms. The van der Waals surface area contributed by atoms with Gasteiger partial charge in [-0.2, -0.15) is 0 Å². The van der Waals surface area contributed by atoms with Gasteiger partial charge in [-0.1, -0.05) is 28.1 Å². The molecule has 1 N–H and O–H groups in total. The van der Waals surface area contributed by atoms with E-state index < -0.39 is 11.6 Å². The van der Waals surface area contributed by atoms with Crippen LogP contribution in [0, 0.1) is 5.92 Å². The van der Waals surface area contributed by atoms with Gasteiger partial charge in [-0.25, -0.2) is 9.69 Å². The lowest BCUT2D eigenvalue weighted by Gasteiger charge is -2.32. The van der Waals surface area contributed by atoms with Gasteiger partial charge in [0.25, 0.3) is 5.91 Å². The van der Waals surface area contributed by atoms with Crippen LogP contribution >= 0.6 is 15.9 Å². The van der Waals surface area contributed by atoms with Crippen LogP contribution < -0.4 is 5.32 Å². The summed E-state index contributed by atoms with van der Waals surface area (Å²) in [6.45, 7) is 5.43. The third-order valence-electron chi connectivity index (χ3n) is 5.23. The summed E-state index contributed by atoms with van der Waals surface area (Å²) in [7, 11) is 0. The molecule has 3 amide bonds. The summed E-state index contributed by atoms with van der Waals surface area (Å²) in [5, 5.41) is 2.82. The first kappa shape index (κ1) is 19.8. The molecule has 7 nitrogen and oxygen atoms in total. The Labute approximate surface area is 167 Å². The van der Waals surface area contributed by atoms with Crippen LogP contribution in [0.15, 0.2) is 28.7 Å². The lowest BCUT2D eigenvalue weighted by Crippen LogP contribution is -2.46. The van der Waals surface area contributed by atoms with Gasteiger partial charge in [0, 0.05) is 17.6 Å². The van der Waals surface area contributed by atoms with Crippen molar-refractivity contribution in [3.8, 4) is 0 Å². The summed E-state index contributed by atoms with van der Waals surface area (Å²) < 4.78 is 5.93. The molecule has 1 aromatic rings. The quantitative estimate of drug-likeness (QED) is 0.565. The Bertz CT molecular complexity index is 748. The number of hydrogen-bond donors (Lipinski definition) is 1. The summed E-state index contributed by atoms with van der Waals surface area (Å²) in [6.07, 6.45) is 1.34. The normalized spacial score (nSPS) is 24.2. The fourth-order valence-electron chi connectivity index (χ4n) is 3.59. The van der Waals surface area contributed by atoms with E-state index in [0.29, 0.717) is 32.5 Å². The molecule has 0 saturated carbocycles. The molecule has 2 fully saturated rings. The van der Waals surface area contributed by atoms with Gasteiger partial charge in [0.05, 0.1) is 19.2 Å². The number of amides is 3. The van der Waals surface area contributed by atoms with Gasteiger partial charge in [0.15, 0.2) is 0 Å². The largest absolute Gasteiger partial charge is 0.466 e. The highest BCUT2D eigenvalue weighted by molar-refractivity contribution is 9.10. The van der Waals surface area contributed by atoms with Crippen LogP contribution in [0.5, 0.6) is 0 Å². The van der Waals surface area contributed by atoms with Crippen molar-refractivity contribution in [1.29, 1.82) is 0 Å². The molecule has 146 valence electrons. The molecule has 1 aromatic carbocycles. The maximum atomic E-state index is 13.0. The number of nitrogens with one attached hydrogen (secondary N) is 1. The molecule has 0 aliphatic carbocycles. The molecular weight excluding hydrogens is 414 g/mol. The van der Waals surface area contributed by atoms with E-state index in [9.17, 15) is 14.4 Å². The molecule has 0 spiro atoms. The summed E-state index contributed by atoms with van der Waals surface area (Å²) in [5.41, 5.74) is -0.344. The van der Waals surface area contributed by atoms with Crippen LogP contribution in [0.3, 0.4) is 0 Å². The van der Waals surface area contributed by atoms with Crippen molar-refractivity contribution in [3.63, 3.8) is 0 Å². The van der Waals surface area contributed by atoms with Crippen LogP contribution in [0.1, 0.15) is 32.3 Å². The Morgan fingerprint density at radius 3 is 2.67 bits per heavy atom. The Kier molecular flexibility index (Phi) is 5.86. The standard InChI is InChI=1S/C19H24BrN3O4/c1-3-27-16(24)13-7-9-22(10-8-13)12-23-17(25)19(2,21-18(23)26)14-5-4-6-15(20)11-14/h4-6,11,13H,3,7-10,12H2,1-2H3,(H,21,26)/t19-/m1/s1. The number of esters is 1. The van der Waals surface area contributed by atoms with E-state index in [-0.39, 0.29) is 24.5 Å². The second kappa shape index (κ2) is 7.98. The first-order valence-corrected chi connectivity index (χ1v) is 9.93. The van der Waals surface area contributed by atoms with Crippen LogP contribution in [-0.4, -0.2) is 54.1 Å². The van der Waals surface area contributed by atoms with E-state index in [4.69, 9.17) is 4.74 Å². The van der Waals surface area contributed by atoms with Crippen LogP contribution in [0.2, 0.25) is 0 Å². The molecule has 1 atom stereocenters. The van der Waals surface area contributed by atoms with E-state index in [1.54, 1.807) is 13.8 Å². The molecule has 0 unspecified atom stereocenters. The van der Waals surface area contributed by atoms with Crippen molar-refractivity contribution in [3.05, 3.63) is 34.3 Å². The van der Waals surface area contributed by atoms with Gasteiger partial charge >= 0.3 is 12.0 Å². The Balaban J connectivity index is 1.64. The lowest BCUT2D eigenvalue weighted by atomic mass is 9.92. The predicted molar refractivity (Wildman–Crippen MR) is 103 cm³/mol. The molecule has 0 radical (unpaired) electrons. The minimum Gasteiger partial charge on any atom is -0.466 e. The van der Waals surface area contributed by atoms with Crippen molar-refractivity contribution < 1.29 is 19.1 Å². The van der Waals surface area contributed by atoms with Crippen LogP contribution in [0.4, 0.5) is 4.79 Å². The summed E-state index contributed by atoms with van der Waals surface area (Å²) >= 11 is 3.41. The maximum absolute atomic E-state index is 13.0. The number of halogens is 1. The van der Waals surface area contributed by atoms with E-state index in [0.717, 1.165) is 10.0 Å². The zero-order valence-corrected chi connectivity index (χ0v) is 17.1. The van der Waals surface area contributed by atoms with Gasteiger partial charge < -0.3 is 10.1 Å². The Morgan fingerprint density at radius 1 is 1.33 bits per heavy atom. The van der Waals surface area contributed by atoms with E-state index in [1.165, 1.54) is 4.90 Å². The van der Waals surface area contributed by atoms with Gasteiger partial charge in [-0.05, 0) is 44.4 Å². The fourth-order valence-corrected chi connectivity index (χ4v) is 3.99. The van der Waals surface area contributed by atoms with Crippen molar-refractivity contribution >= 4 is 33.8 Å². The smallest absolute Gasteiger partial charge is 0.326 e. The first-order valence-electron chi connectivity index (χ1n) is 9.14. The molecule has 2 heterocycles. The summed E-state index contributed by atoms with van der Waals surface area (Å²) in [6, 6.07) is 6.99. The highest BCUT2D eigenvalue weighted by atomic mass is 79.9. The van der Waals surface area contributed by atoms with Crippen molar-refractivity contribution in [2.24, 2.45) is 5.92 Å². The van der Waals surface area contributed by atoms with Crippen LogP contribution in [-0.2, 0) is 19.9 Å². The third kappa shape index (κ3) is 4.01. The topological polar surface area (TPSA) is 79.0 Å². The monoisotopic (exact) mass is 437 g/mol. The lowest BCUT2D eigenvalue weighted by molar-refractivity contribution is -0.150. The number of hydrogen-bond acceptors (Lipinski definition) is 5. The first-order chi connectivity index (χ1) is 12.8. The maximum Gasteiger partial charge on any atom is 0.326 e. The van der Waals surface area contributed by atoms with E-state index >= 15 is 0 Å². The predicted octanol–water partition coefficient (Wildman–Crippen LogP) is 2.45. The number of ether oxygens (including phenoxy) is 1. The van der Waals surface area contributed by atoms with Gasteiger partial charge in [-0.15, -0.1) is 0 Å². The molecule has 2 aliphatic rings. The Hall–Kier alpha value is -1.93. The van der Waals surface area contributed by atoms with Crippen LogP contribution in [0.25, 0.3) is 0 Å². The number of benzene rings is 1. The summed E-state index contributed by atoms with van der Waals surface area (Å²) in [4.78, 5) is 40.6. The van der Waals surface area contributed by atoms with E-state index in [2.05, 4.69) is 21.2 Å². The highest BCUT2D eigenvalue weighted by Crippen LogP contribution is 2.31. The van der Waals surface area contributed by atoms with E-state index in [1.807, 2.05) is 29.2 Å². The molecule has 2 aliphatic heterocycles. The average Bonchev–Trinajstić information content (AvgIpc) is 2.87. The molecular formula is C19H24BrN3O4. The number of imide groups is 1. The fraction of sp³-hybridized carbons (Fsp3) is 0.526. The third-order valence-corrected chi connectivity index (χ3v) is 5.72. The number of carbonyl (C=O) groups excluding carboxylic acids is 3. The number of urea groups is 1. The molecule has 3 rings (SSSR count). The van der Waals surface area contributed by atoms with Gasteiger partial charge in [0.2, 0.25) is 0 Å². The second-order valence-corrected chi connectivity index (χ2v) is 8.00. The van der Waals surface area contributed by atoms with Gasteiger partial charge in [-0.3, -0.25) is 14.5 Å². The zero-order chi connectivity index (χ0) is 19.6. The minimum atomic E-state index is -1.08. The van der Waals surface area contributed by atoms with Crippen molar-refractivity contribution in [2.45, 2.75) is 32.2 Å². The minimum absolute atomic E-state index is 0.101. The zero-order valence-electron chi connectivity index (χ0n) is 15.5. The number of likely N-dealkylation sites (tertiary alicyclic amines) is 1. The van der Waals surface area contributed by atoms with Crippen molar-refractivity contribution in [2.75, 3.05) is 26.4 Å². The molecule has 0 aromatic heterocycles. The average molecular weight is 438 g/mol. The molecule has 2 saturated heterocycles. The number of carbonyl (C=O) groups is 3. The molecule has 8 heteroatoms. The number of rotatable bonds is 5. The number of piperidine rings is 1. The second-order valence-electron chi connectivity index (χ2n) is 7.08. The van der Waals surface area contributed by atoms with Crippen molar-refractivity contribution in [1.82, 2.24) is 15.1 Å². The highest BCUT2D eigenvalue weighted by Gasteiger charge is 2.49. The number of nitrogens with zero attached hydrogens (tertiary/aromatic N) is 2. The SMILES string of the molecule is CCOC(=O)C1CCN(CN2C(=O)N[C@](C)(c3cccc(Br)c3)C2=O)CC1. The molecule has 27 heavy (non-hydrogen) atoms. The summed E-state index contributed by atoms with van der Waals surface area (Å²) in [5.74, 6) is -0.524. The Morgan fingerprint density at radius 2 is 2.04 bits per heavy atom. The van der Waals surface area contributed by atoms with Gasteiger partial charge in [0.1, 0.15) is 5.54 Å².